The molecule has 1 aliphatic heterocycles. The summed E-state index contributed by atoms with van der Waals surface area (Å²) in [5.74, 6) is 0.283. The fourth-order valence-corrected chi connectivity index (χ4v) is 2.05. The summed E-state index contributed by atoms with van der Waals surface area (Å²) in [6.07, 6.45) is 0. The predicted octanol–water partition coefficient (Wildman–Crippen LogP) is 0.977. The number of hydrogen-bond donors (Lipinski definition) is 2. The monoisotopic (exact) mass is 202 g/mol. The summed E-state index contributed by atoms with van der Waals surface area (Å²) in [5, 5.41) is 13.3. The van der Waals surface area contributed by atoms with Gasteiger partial charge >= 0.3 is 0 Å². The Morgan fingerprint density at radius 3 is 3.13 bits per heavy atom. The van der Waals surface area contributed by atoms with Gasteiger partial charge in [-0.3, -0.25) is 4.79 Å². The fraction of sp³-hybridized carbons (Fsp3) is 0.182. The molecule has 0 radical (unpaired) electrons. The number of fused-ring (bicyclic) bond motifs is 3. The van der Waals surface area contributed by atoms with Gasteiger partial charge in [0.15, 0.2) is 0 Å². The molecule has 0 bridgehead atoms. The summed E-state index contributed by atoms with van der Waals surface area (Å²) >= 11 is 0. The Bertz CT molecular complexity index is 557. The summed E-state index contributed by atoms with van der Waals surface area (Å²) in [5.41, 5.74) is 1.95. The number of rotatable bonds is 0. The predicted molar refractivity (Wildman–Crippen MR) is 55.4 cm³/mol. The van der Waals surface area contributed by atoms with Crippen molar-refractivity contribution < 1.29 is 9.90 Å². The number of aromatic nitrogens is 1. The first-order chi connectivity index (χ1) is 7.25. The zero-order valence-electron chi connectivity index (χ0n) is 8.03. The molecule has 0 saturated carbocycles. The van der Waals surface area contributed by atoms with Crippen molar-refractivity contribution in [2.75, 3.05) is 0 Å². The molecular weight excluding hydrogens is 192 g/mol. The molecule has 15 heavy (non-hydrogen) atoms. The zero-order chi connectivity index (χ0) is 10.4. The maximum absolute atomic E-state index is 11.3. The number of nitrogens with zero attached hydrogens (tertiary/aromatic N) is 1. The van der Waals surface area contributed by atoms with Crippen molar-refractivity contribution in [1.29, 1.82) is 0 Å². The van der Waals surface area contributed by atoms with E-state index < -0.39 is 0 Å². The molecular formula is C11H10N2O2. The Hall–Kier alpha value is -1.97. The number of phenolic OH excluding ortho intramolecular Hbond substituents is 1. The summed E-state index contributed by atoms with van der Waals surface area (Å²) in [6.45, 7) is 0.870. The van der Waals surface area contributed by atoms with E-state index in [4.69, 9.17) is 0 Å². The van der Waals surface area contributed by atoms with Gasteiger partial charge in [0.25, 0.3) is 0 Å². The van der Waals surface area contributed by atoms with Gasteiger partial charge in [-0.05, 0) is 18.2 Å². The molecule has 0 spiro atoms. The molecule has 4 heteroatoms. The Morgan fingerprint density at radius 1 is 1.40 bits per heavy atom. The minimum absolute atomic E-state index is 0.0170. The second kappa shape index (κ2) is 2.76. The SMILES string of the molecule is O=C1Cn2c(cc3c(O)cccc32)CN1. The lowest BCUT2D eigenvalue weighted by Crippen LogP contribution is -2.33. The third-order valence-electron chi connectivity index (χ3n) is 2.78. The largest absolute Gasteiger partial charge is 0.507 e. The highest BCUT2D eigenvalue weighted by Gasteiger charge is 2.18. The van der Waals surface area contributed by atoms with Gasteiger partial charge in [-0.15, -0.1) is 0 Å². The number of hydrogen-bond acceptors (Lipinski definition) is 2. The van der Waals surface area contributed by atoms with Crippen LogP contribution in [-0.2, 0) is 17.9 Å². The lowest BCUT2D eigenvalue weighted by atomic mass is 10.2. The van der Waals surface area contributed by atoms with E-state index in [0.29, 0.717) is 13.1 Å². The molecule has 2 N–H and O–H groups in total. The Morgan fingerprint density at radius 2 is 2.27 bits per heavy atom. The van der Waals surface area contributed by atoms with Gasteiger partial charge in [-0.1, -0.05) is 6.07 Å². The Labute approximate surface area is 86.1 Å². The van der Waals surface area contributed by atoms with E-state index in [2.05, 4.69) is 5.32 Å². The average Bonchev–Trinajstić information content (AvgIpc) is 2.58. The molecule has 0 unspecified atom stereocenters. The van der Waals surface area contributed by atoms with E-state index in [9.17, 15) is 9.90 Å². The second-order valence-corrected chi connectivity index (χ2v) is 3.71. The van der Waals surface area contributed by atoms with Gasteiger partial charge in [0, 0.05) is 11.1 Å². The van der Waals surface area contributed by atoms with Crippen LogP contribution in [0.2, 0.25) is 0 Å². The van der Waals surface area contributed by atoms with Crippen molar-refractivity contribution >= 4 is 16.8 Å². The number of carbonyl (C=O) groups is 1. The summed E-state index contributed by atoms with van der Waals surface area (Å²) in [7, 11) is 0. The van der Waals surface area contributed by atoms with Crippen molar-refractivity contribution in [1.82, 2.24) is 9.88 Å². The molecule has 1 amide bonds. The number of carbonyl (C=O) groups excluding carboxylic acids is 1. The maximum Gasteiger partial charge on any atom is 0.240 e. The first-order valence-corrected chi connectivity index (χ1v) is 4.82. The number of benzene rings is 1. The molecule has 1 aliphatic rings. The third kappa shape index (κ3) is 1.11. The van der Waals surface area contributed by atoms with Crippen molar-refractivity contribution in [2.24, 2.45) is 0 Å². The molecule has 0 fully saturated rings. The van der Waals surface area contributed by atoms with Gasteiger partial charge in [0.1, 0.15) is 12.3 Å². The fourth-order valence-electron chi connectivity index (χ4n) is 2.05. The van der Waals surface area contributed by atoms with Crippen LogP contribution >= 0.6 is 0 Å². The lowest BCUT2D eigenvalue weighted by Gasteiger charge is -2.16. The van der Waals surface area contributed by atoms with Gasteiger partial charge in [-0.2, -0.15) is 0 Å². The lowest BCUT2D eigenvalue weighted by molar-refractivity contribution is -0.122. The average molecular weight is 202 g/mol. The van der Waals surface area contributed by atoms with Gasteiger partial charge < -0.3 is 15.0 Å². The molecule has 1 aromatic heterocycles. The highest BCUT2D eigenvalue weighted by Crippen LogP contribution is 2.28. The standard InChI is InChI=1S/C11H10N2O2/c14-10-3-1-2-9-8(10)4-7-5-12-11(15)6-13(7)9/h1-4,14H,5-6H2,(H,12,15). The van der Waals surface area contributed by atoms with Crippen LogP contribution in [0.15, 0.2) is 24.3 Å². The number of amides is 1. The van der Waals surface area contributed by atoms with E-state index in [1.54, 1.807) is 12.1 Å². The van der Waals surface area contributed by atoms with Crippen LogP contribution in [0, 0.1) is 0 Å². The second-order valence-electron chi connectivity index (χ2n) is 3.71. The molecule has 0 atom stereocenters. The highest BCUT2D eigenvalue weighted by molar-refractivity contribution is 5.89. The minimum Gasteiger partial charge on any atom is -0.507 e. The van der Waals surface area contributed by atoms with Gasteiger partial charge in [0.05, 0.1) is 12.1 Å². The number of phenols is 1. The van der Waals surface area contributed by atoms with Gasteiger partial charge in [-0.25, -0.2) is 0 Å². The highest BCUT2D eigenvalue weighted by atomic mass is 16.3. The molecule has 2 heterocycles. The first kappa shape index (κ1) is 8.35. The van der Waals surface area contributed by atoms with E-state index in [1.807, 2.05) is 16.7 Å². The van der Waals surface area contributed by atoms with Crippen LogP contribution < -0.4 is 5.32 Å². The third-order valence-corrected chi connectivity index (χ3v) is 2.78. The quantitative estimate of drug-likeness (QED) is 0.669. The summed E-state index contributed by atoms with van der Waals surface area (Å²) < 4.78 is 1.94. The minimum atomic E-state index is 0.0170. The van der Waals surface area contributed by atoms with Crippen LogP contribution in [0.5, 0.6) is 5.75 Å². The van der Waals surface area contributed by atoms with Crippen molar-refractivity contribution in [3.05, 3.63) is 30.0 Å². The maximum atomic E-state index is 11.3. The number of nitrogens with one attached hydrogen (secondary N) is 1. The Kier molecular flexibility index (Phi) is 1.54. The molecule has 76 valence electrons. The topological polar surface area (TPSA) is 54.3 Å². The van der Waals surface area contributed by atoms with Gasteiger partial charge in [0.2, 0.25) is 5.91 Å². The molecule has 4 nitrogen and oxygen atoms in total. The van der Waals surface area contributed by atoms with E-state index in [-0.39, 0.29) is 11.7 Å². The van der Waals surface area contributed by atoms with Crippen molar-refractivity contribution in [2.45, 2.75) is 13.1 Å². The van der Waals surface area contributed by atoms with E-state index >= 15 is 0 Å². The molecule has 0 aliphatic carbocycles. The molecule has 2 aromatic rings. The van der Waals surface area contributed by atoms with Crippen LogP contribution in [-0.4, -0.2) is 15.6 Å². The van der Waals surface area contributed by atoms with Crippen LogP contribution in [0.1, 0.15) is 5.69 Å². The van der Waals surface area contributed by atoms with E-state index in [1.165, 1.54) is 0 Å². The summed E-state index contributed by atoms with van der Waals surface area (Å²) in [4.78, 5) is 11.3. The molecule has 0 saturated heterocycles. The van der Waals surface area contributed by atoms with Crippen LogP contribution in [0.4, 0.5) is 0 Å². The van der Waals surface area contributed by atoms with Crippen molar-refractivity contribution in [3.63, 3.8) is 0 Å². The van der Waals surface area contributed by atoms with Crippen LogP contribution in [0.25, 0.3) is 10.9 Å². The smallest absolute Gasteiger partial charge is 0.240 e. The van der Waals surface area contributed by atoms with Crippen LogP contribution in [0.3, 0.4) is 0 Å². The molecule has 3 rings (SSSR count). The van der Waals surface area contributed by atoms with E-state index in [0.717, 1.165) is 16.6 Å². The molecule has 1 aromatic carbocycles. The number of aromatic hydroxyl groups is 1. The normalized spacial score (nSPS) is 15.1. The Balaban J connectivity index is 2.33. The summed E-state index contributed by atoms with van der Waals surface area (Å²) in [6, 6.07) is 7.28. The zero-order valence-corrected chi connectivity index (χ0v) is 8.03. The first-order valence-electron chi connectivity index (χ1n) is 4.82. The van der Waals surface area contributed by atoms with Crippen molar-refractivity contribution in [3.8, 4) is 5.75 Å².